The second-order valence-electron chi connectivity index (χ2n) is 5.16. The van der Waals surface area contributed by atoms with E-state index in [4.69, 9.17) is 23.2 Å². The summed E-state index contributed by atoms with van der Waals surface area (Å²) in [5.41, 5.74) is 1.80. The lowest BCUT2D eigenvalue weighted by atomic mass is 10.1. The fourth-order valence-electron chi connectivity index (χ4n) is 2.08. The van der Waals surface area contributed by atoms with Crippen LogP contribution in [0.15, 0.2) is 48.5 Å². The number of hydrogen-bond acceptors (Lipinski definition) is 2. The van der Waals surface area contributed by atoms with Gasteiger partial charge in [-0.2, -0.15) is 0 Å². The summed E-state index contributed by atoms with van der Waals surface area (Å²) < 4.78 is 0. The summed E-state index contributed by atoms with van der Waals surface area (Å²) in [5, 5.41) is 7.46. The Balaban J connectivity index is 1.93. The Kier molecular flexibility index (Phi) is 5.83. The van der Waals surface area contributed by atoms with Gasteiger partial charge in [-0.1, -0.05) is 35.3 Å². The lowest BCUT2D eigenvalue weighted by Gasteiger charge is -2.20. The molecule has 2 rings (SSSR count). The Morgan fingerprint density at radius 3 is 1.95 bits per heavy atom. The molecule has 0 fully saturated rings. The smallest absolute Gasteiger partial charge is 0.241 e. The third-order valence-electron chi connectivity index (χ3n) is 3.38. The second-order valence-corrected chi connectivity index (χ2v) is 6.03. The van der Waals surface area contributed by atoms with Gasteiger partial charge in [0, 0.05) is 21.8 Å². The highest BCUT2D eigenvalue weighted by Gasteiger charge is 2.16. The number of halogens is 2. The molecule has 0 spiro atoms. The molecule has 0 radical (unpaired) electrons. The molecule has 0 unspecified atom stereocenters. The van der Waals surface area contributed by atoms with E-state index in [0.29, 0.717) is 10.0 Å². The molecule has 0 saturated carbocycles. The van der Waals surface area contributed by atoms with Crippen molar-refractivity contribution in [2.75, 3.05) is 5.32 Å². The molecule has 0 aromatic heterocycles. The van der Waals surface area contributed by atoms with Crippen molar-refractivity contribution >= 4 is 34.8 Å². The van der Waals surface area contributed by atoms with Crippen LogP contribution in [-0.4, -0.2) is 11.9 Å². The summed E-state index contributed by atoms with van der Waals surface area (Å²) in [4.78, 5) is 12.2. The van der Waals surface area contributed by atoms with Crippen molar-refractivity contribution in [2.24, 2.45) is 0 Å². The molecule has 0 saturated heterocycles. The van der Waals surface area contributed by atoms with Crippen LogP contribution in [0.4, 0.5) is 5.69 Å². The summed E-state index contributed by atoms with van der Waals surface area (Å²) >= 11 is 11.7. The molecule has 5 heteroatoms. The number of rotatable bonds is 5. The van der Waals surface area contributed by atoms with Gasteiger partial charge in [0.2, 0.25) is 5.91 Å². The fourth-order valence-corrected chi connectivity index (χ4v) is 2.33. The molecule has 2 aromatic carbocycles. The number of carbonyl (C=O) groups excluding carboxylic acids is 1. The summed E-state index contributed by atoms with van der Waals surface area (Å²) in [7, 11) is 0. The minimum Gasteiger partial charge on any atom is -0.325 e. The molecule has 1 amide bonds. The van der Waals surface area contributed by atoms with Gasteiger partial charge in [-0.3, -0.25) is 10.1 Å². The zero-order chi connectivity index (χ0) is 16.1. The number of nitrogens with one attached hydrogen (secondary N) is 2. The number of anilines is 1. The van der Waals surface area contributed by atoms with Gasteiger partial charge in [0.05, 0.1) is 6.04 Å². The van der Waals surface area contributed by atoms with E-state index >= 15 is 0 Å². The predicted octanol–water partition coefficient (Wildman–Crippen LogP) is 4.67. The number of hydrogen-bond donors (Lipinski definition) is 2. The summed E-state index contributed by atoms with van der Waals surface area (Å²) in [6.07, 6.45) is 0. The topological polar surface area (TPSA) is 41.1 Å². The van der Waals surface area contributed by atoms with E-state index < -0.39 is 0 Å². The van der Waals surface area contributed by atoms with E-state index in [1.165, 1.54) is 0 Å². The van der Waals surface area contributed by atoms with Crippen molar-refractivity contribution < 1.29 is 4.79 Å². The van der Waals surface area contributed by atoms with Crippen LogP contribution < -0.4 is 10.6 Å². The Hall–Kier alpha value is -1.55. The maximum absolute atomic E-state index is 12.2. The summed E-state index contributed by atoms with van der Waals surface area (Å²) in [5.74, 6) is -0.0943. The lowest BCUT2D eigenvalue weighted by Crippen LogP contribution is -2.39. The maximum atomic E-state index is 12.2. The van der Waals surface area contributed by atoms with Gasteiger partial charge in [0.1, 0.15) is 0 Å². The van der Waals surface area contributed by atoms with Gasteiger partial charge in [-0.05, 0) is 55.8 Å². The number of carbonyl (C=O) groups is 1. The normalized spacial score (nSPS) is 13.5. The first-order chi connectivity index (χ1) is 10.5. The third kappa shape index (κ3) is 4.73. The number of benzene rings is 2. The minimum absolute atomic E-state index is 0.0447. The molecule has 2 aromatic rings. The monoisotopic (exact) mass is 336 g/mol. The molecular formula is C17H18Cl2N2O. The average Bonchev–Trinajstić information content (AvgIpc) is 2.50. The molecule has 116 valence electrons. The van der Waals surface area contributed by atoms with Gasteiger partial charge in [-0.25, -0.2) is 0 Å². The first-order valence-corrected chi connectivity index (χ1v) is 7.79. The Bertz CT molecular complexity index is 626. The quantitative estimate of drug-likeness (QED) is 0.832. The van der Waals surface area contributed by atoms with Crippen LogP contribution in [0.5, 0.6) is 0 Å². The van der Waals surface area contributed by atoms with Crippen LogP contribution in [0, 0.1) is 0 Å². The Labute approximate surface area is 140 Å². The fraction of sp³-hybridized carbons (Fsp3) is 0.235. The maximum Gasteiger partial charge on any atom is 0.241 e. The van der Waals surface area contributed by atoms with E-state index in [0.717, 1.165) is 11.3 Å². The highest BCUT2D eigenvalue weighted by Crippen LogP contribution is 2.17. The first kappa shape index (κ1) is 16.8. The number of amides is 1. The van der Waals surface area contributed by atoms with Crippen molar-refractivity contribution in [3.8, 4) is 0 Å². The van der Waals surface area contributed by atoms with E-state index in [2.05, 4.69) is 10.6 Å². The van der Waals surface area contributed by atoms with Crippen molar-refractivity contribution in [3.63, 3.8) is 0 Å². The van der Waals surface area contributed by atoms with Gasteiger partial charge >= 0.3 is 0 Å². The largest absolute Gasteiger partial charge is 0.325 e. The lowest BCUT2D eigenvalue weighted by molar-refractivity contribution is -0.117. The van der Waals surface area contributed by atoms with Crippen molar-refractivity contribution in [2.45, 2.75) is 25.9 Å². The van der Waals surface area contributed by atoms with Gasteiger partial charge in [0.15, 0.2) is 0 Å². The van der Waals surface area contributed by atoms with Crippen molar-refractivity contribution in [3.05, 3.63) is 64.1 Å². The van der Waals surface area contributed by atoms with Crippen LogP contribution >= 0.6 is 23.2 Å². The van der Waals surface area contributed by atoms with Gasteiger partial charge in [-0.15, -0.1) is 0 Å². The summed E-state index contributed by atoms with van der Waals surface area (Å²) in [6.45, 7) is 3.84. The van der Waals surface area contributed by atoms with Gasteiger partial charge < -0.3 is 5.32 Å². The van der Waals surface area contributed by atoms with E-state index in [-0.39, 0.29) is 18.0 Å². The Morgan fingerprint density at radius 1 is 0.909 bits per heavy atom. The molecule has 2 N–H and O–H groups in total. The van der Waals surface area contributed by atoms with Crippen LogP contribution in [0.2, 0.25) is 10.0 Å². The van der Waals surface area contributed by atoms with Crippen LogP contribution in [0.3, 0.4) is 0 Å². The molecule has 3 nitrogen and oxygen atoms in total. The molecular weight excluding hydrogens is 319 g/mol. The zero-order valence-corrected chi connectivity index (χ0v) is 13.9. The van der Waals surface area contributed by atoms with Gasteiger partial charge in [0.25, 0.3) is 0 Å². The van der Waals surface area contributed by atoms with Crippen LogP contribution in [-0.2, 0) is 4.79 Å². The molecule has 0 heterocycles. The minimum atomic E-state index is -0.332. The molecule has 22 heavy (non-hydrogen) atoms. The van der Waals surface area contributed by atoms with E-state index in [9.17, 15) is 4.79 Å². The molecule has 0 aliphatic rings. The van der Waals surface area contributed by atoms with E-state index in [1.54, 1.807) is 24.3 Å². The van der Waals surface area contributed by atoms with Crippen molar-refractivity contribution in [1.82, 2.24) is 5.32 Å². The standard InChI is InChI=1S/C17H18Cl2N2O/c1-11(13-3-5-14(18)6-4-13)20-12(2)17(22)21-16-9-7-15(19)8-10-16/h3-12,20H,1-2H3,(H,21,22)/t11-,12-/m1/s1. The first-order valence-electron chi connectivity index (χ1n) is 7.03. The third-order valence-corrected chi connectivity index (χ3v) is 3.88. The highest BCUT2D eigenvalue weighted by atomic mass is 35.5. The van der Waals surface area contributed by atoms with Crippen LogP contribution in [0.25, 0.3) is 0 Å². The average molecular weight is 337 g/mol. The zero-order valence-electron chi connectivity index (χ0n) is 12.4. The molecule has 0 aliphatic carbocycles. The molecule has 2 atom stereocenters. The second kappa shape index (κ2) is 7.63. The highest BCUT2D eigenvalue weighted by molar-refractivity contribution is 6.30. The Morgan fingerprint density at radius 2 is 1.41 bits per heavy atom. The molecule has 0 aliphatic heterocycles. The summed E-state index contributed by atoms with van der Waals surface area (Å²) in [6, 6.07) is 14.3. The van der Waals surface area contributed by atoms with Crippen LogP contribution in [0.1, 0.15) is 25.5 Å². The molecule has 0 bridgehead atoms. The SMILES string of the molecule is C[C@@H](N[C@H](C)c1ccc(Cl)cc1)C(=O)Nc1ccc(Cl)cc1. The predicted molar refractivity (Wildman–Crippen MR) is 92.5 cm³/mol. The van der Waals surface area contributed by atoms with E-state index in [1.807, 2.05) is 38.1 Å². The van der Waals surface area contributed by atoms with Crippen molar-refractivity contribution in [1.29, 1.82) is 0 Å².